The molecule has 0 bridgehead atoms. The van der Waals surface area contributed by atoms with Gasteiger partial charge in [-0.1, -0.05) is 19.1 Å². The first-order valence-electron chi connectivity index (χ1n) is 4.75. The first kappa shape index (κ1) is 12.1. The minimum atomic E-state index is -0.490. The van der Waals surface area contributed by atoms with E-state index in [9.17, 15) is 9.18 Å². The zero-order valence-electron chi connectivity index (χ0n) is 8.68. The van der Waals surface area contributed by atoms with Gasteiger partial charge in [-0.15, -0.1) is 0 Å². The zero-order chi connectivity index (χ0) is 11.4. The molecule has 0 fully saturated rings. The number of benzene rings is 1. The number of rotatable bonds is 3. The average Bonchev–Trinajstić information content (AvgIpc) is 2.23. The van der Waals surface area contributed by atoms with Crippen LogP contribution >= 0.6 is 15.9 Å². The highest BCUT2D eigenvalue weighted by Crippen LogP contribution is 2.21. The molecule has 1 rings (SSSR count). The smallest absolute Gasteiger partial charge is 0.191 e. The summed E-state index contributed by atoms with van der Waals surface area (Å²) in [5.41, 5.74) is 0.756. The van der Waals surface area contributed by atoms with Crippen LogP contribution in [0.25, 0.3) is 0 Å². The lowest BCUT2D eigenvalue weighted by molar-refractivity contribution is 0.102. The molecule has 80 valence electrons. The molecule has 0 spiro atoms. The number of allylic oxidation sites excluding steroid dienone is 2. The number of carbonyl (C=O) groups is 1. The van der Waals surface area contributed by atoms with Gasteiger partial charge in [0.25, 0.3) is 0 Å². The molecule has 0 radical (unpaired) electrons. The highest BCUT2D eigenvalue weighted by Gasteiger charge is 2.15. The highest BCUT2D eigenvalue weighted by atomic mass is 79.9. The summed E-state index contributed by atoms with van der Waals surface area (Å²) >= 11 is 3.06. The van der Waals surface area contributed by atoms with Crippen LogP contribution in [0.2, 0.25) is 0 Å². The van der Waals surface area contributed by atoms with E-state index >= 15 is 0 Å². The third kappa shape index (κ3) is 2.53. The lowest BCUT2D eigenvalue weighted by atomic mass is 10.0. The van der Waals surface area contributed by atoms with E-state index < -0.39 is 5.82 Å². The van der Waals surface area contributed by atoms with Gasteiger partial charge >= 0.3 is 0 Å². The maximum Gasteiger partial charge on any atom is 0.191 e. The Balaban J connectivity index is 3.17. The minimum absolute atomic E-state index is 0.124. The largest absolute Gasteiger partial charge is 0.289 e. The normalized spacial score (nSPS) is 11.6. The van der Waals surface area contributed by atoms with Gasteiger partial charge in [0, 0.05) is 0 Å². The van der Waals surface area contributed by atoms with E-state index in [0.29, 0.717) is 16.5 Å². The molecule has 0 aliphatic heterocycles. The summed E-state index contributed by atoms with van der Waals surface area (Å²) in [5, 5.41) is 0. The predicted octanol–water partition coefficient (Wildman–Crippen LogP) is 4.13. The molecule has 0 aliphatic carbocycles. The van der Waals surface area contributed by atoms with Crippen molar-refractivity contribution in [2.45, 2.75) is 20.3 Å². The van der Waals surface area contributed by atoms with Crippen molar-refractivity contribution in [1.29, 1.82) is 0 Å². The summed E-state index contributed by atoms with van der Waals surface area (Å²) < 4.78 is 13.9. The second-order valence-electron chi connectivity index (χ2n) is 3.10. The molecule has 0 amide bonds. The summed E-state index contributed by atoms with van der Waals surface area (Å²) in [7, 11) is 0. The number of hydrogen-bond acceptors (Lipinski definition) is 1. The third-order valence-electron chi connectivity index (χ3n) is 2.22. The lowest BCUT2D eigenvalue weighted by Crippen LogP contribution is -2.05. The van der Waals surface area contributed by atoms with Crippen molar-refractivity contribution in [2.24, 2.45) is 0 Å². The van der Waals surface area contributed by atoms with E-state index in [1.54, 1.807) is 25.1 Å². The molecule has 0 unspecified atom stereocenters. The van der Waals surface area contributed by atoms with E-state index in [1.165, 1.54) is 6.07 Å². The standard InChI is InChI=1S/C12H12BrFO/c1-3-8(4-2)12(15)9-6-5-7-10(13)11(9)14/h3,5-7H,4H2,1-2H3/b8-3-. The van der Waals surface area contributed by atoms with Gasteiger partial charge in [0.1, 0.15) is 5.82 Å². The number of carbonyl (C=O) groups excluding carboxylic acids is 1. The van der Waals surface area contributed by atoms with E-state index in [2.05, 4.69) is 15.9 Å². The molecule has 1 aromatic carbocycles. The quantitative estimate of drug-likeness (QED) is 0.596. The molecule has 0 aromatic heterocycles. The molecule has 3 heteroatoms. The summed E-state index contributed by atoms with van der Waals surface area (Å²) in [6.45, 7) is 3.66. The Bertz CT molecular complexity index is 410. The molecule has 0 atom stereocenters. The molecular weight excluding hydrogens is 259 g/mol. The fourth-order valence-electron chi connectivity index (χ4n) is 1.35. The topological polar surface area (TPSA) is 17.1 Å². The van der Waals surface area contributed by atoms with Gasteiger partial charge in [0.05, 0.1) is 10.0 Å². The van der Waals surface area contributed by atoms with E-state index in [-0.39, 0.29) is 11.3 Å². The molecule has 15 heavy (non-hydrogen) atoms. The van der Waals surface area contributed by atoms with Crippen LogP contribution in [0.4, 0.5) is 4.39 Å². The summed E-state index contributed by atoms with van der Waals surface area (Å²) in [6, 6.07) is 4.73. The van der Waals surface area contributed by atoms with Gasteiger partial charge in [-0.25, -0.2) is 4.39 Å². The van der Waals surface area contributed by atoms with Gasteiger partial charge in [-0.05, 0) is 47.0 Å². The van der Waals surface area contributed by atoms with Crippen LogP contribution in [0.3, 0.4) is 0 Å². The Hall–Kier alpha value is -0.960. The van der Waals surface area contributed by atoms with E-state index in [0.717, 1.165) is 0 Å². The Kier molecular flexibility index (Phi) is 4.21. The lowest BCUT2D eigenvalue weighted by Gasteiger charge is -2.05. The molecule has 0 saturated carbocycles. The summed E-state index contributed by atoms with van der Waals surface area (Å²) in [6.07, 6.45) is 2.34. The Morgan fingerprint density at radius 2 is 2.20 bits per heavy atom. The molecule has 0 heterocycles. The Morgan fingerprint density at radius 3 is 2.73 bits per heavy atom. The average molecular weight is 271 g/mol. The first-order valence-corrected chi connectivity index (χ1v) is 5.55. The molecule has 0 N–H and O–H groups in total. The van der Waals surface area contributed by atoms with Crippen molar-refractivity contribution in [1.82, 2.24) is 0 Å². The van der Waals surface area contributed by atoms with Crippen LogP contribution in [0.15, 0.2) is 34.3 Å². The number of ketones is 1. The third-order valence-corrected chi connectivity index (χ3v) is 2.83. The fraction of sp³-hybridized carbons (Fsp3) is 0.250. The van der Waals surface area contributed by atoms with Crippen molar-refractivity contribution < 1.29 is 9.18 Å². The Morgan fingerprint density at radius 1 is 1.53 bits per heavy atom. The number of Topliss-reactive ketones (excluding diaryl/α,β-unsaturated/α-hetero) is 1. The number of halogens is 2. The van der Waals surface area contributed by atoms with Crippen molar-refractivity contribution in [3.05, 3.63) is 45.7 Å². The SMILES string of the molecule is C/C=C(/CC)C(=O)c1cccc(Br)c1F. The molecule has 0 saturated heterocycles. The fourth-order valence-corrected chi connectivity index (χ4v) is 1.71. The molecule has 1 nitrogen and oxygen atoms in total. The molecular formula is C12H12BrFO. The van der Waals surface area contributed by atoms with Crippen molar-refractivity contribution >= 4 is 21.7 Å². The van der Waals surface area contributed by atoms with Crippen molar-refractivity contribution in [3.8, 4) is 0 Å². The van der Waals surface area contributed by atoms with E-state index in [1.807, 2.05) is 6.92 Å². The molecule has 1 aromatic rings. The van der Waals surface area contributed by atoms with Crippen LogP contribution in [-0.2, 0) is 0 Å². The van der Waals surface area contributed by atoms with Crippen LogP contribution in [0.5, 0.6) is 0 Å². The minimum Gasteiger partial charge on any atom is -0.289 e. The summed E-state index contributed by atoms with van der Waals surface area (Å²) in [4.78, 5) is 11.9. The van der Waals surface area contributed by atoms with Crippen LogP contribution in [-0.4, -0.2) is 5.78 Å². The van der Waals surface area contributed by atoms with Crippen LogP contribution in [0, 0.1) is 5.82 Å². The van der Waals surface area contributed by atoms with Gasteiger partial charge < -0.3 is 0 Å². The van der Waals surface area contributed by atoms with Crippen LogP contribution < -0.4 is 0 Å². The number of hydrogen-bond donors (Lipinski definition) is 0. The van der Waals surface area contributed by atoms with Crippen LogP contribution in [0.1, 0.15) is 30.6 Å². The van der Waals surface area contributed by atoms with Gasteiger partial charge in [0.2, 0.25) is 0 Å². The maximum atomic E-state index is 13.6. The molecule has 0 aliphatic rings. The first-order chi connectivity index (χ1) is 7.11. The van der Waals surface area contributed by atoms with Gasteiger partial charge in [0.15, 0.2) is 5.78 Å². The Labute approximate surface area is 97.1 Å². The predicted molar refractivity (Wildman–Crippen MR) is 62.5 cm³/mol. The monoisotopic (exact) mass is 270 g/mol. The van der Waals surface area contributed by atoms with Gasteiger partial charge in [-0.2, -0.15) is 0 Å². The van der Waals surface area contributed by atoms with Crippen molar-refractivity contribution in [3.63, 3.8) is 0 Å². The van der Waals surface area contributed by atoms with E-state index in [4.69, 9.17) is 0 Å². The second-order valence-corrected chi connectivity index (χ2v) is 3.95. The highest BCUT2D eigenvalue weighted by molar-refractivity contribution is 9.10. The van der Waals surface area contributed by atoms with Crippen molar-refractivity contribution in [2.75, 3.05) is 0 Å². The zero-order valence-corrected chi connectivity index (χ0v) is 10.3. The summed E-state index contributed by atoms with van der Waals surface area (Å²) in [5.74, 6) is -0.728. The maximum absolute atomic E-state index is 13.6. The van der Waals surface area contributed by atoms with Gasteiger partial charge in [-0.3, -0.25) is 4.79 Å². The second kappa shape index (κ2) is 5.21.